The highest BCUT2D eigenvalue weighted by Gasteiger charge is 2.42. The monoisotopic (exact) mass is 437 g/mol. The van der Waals surface area contributed by atoms with Crippen LogP contribution in [-0.2, 0) is 27.3 Å². The van der Waals surface area contributed by atoms with Gasteiger partial charge in [-0.25, -0.2) is 4.99 Å². The van der Waals surface area contributed by atoms with Gasteiger partial charge in [0.1, 0.15) is 6.04 Å². The Hall–Kier alpha value is -3.55. The van der Waals surface area contributed by atoms with Gasteiger partial charge in [-0.05, 0) is 42.2 Å². The number of fused-ring (bicyclic) bond motifs is 1. The number of nitrogens with zero attached hydrogens (tertiary/aromatic N) is 2. The molecule has 0 bridgehead atoms. The molecule has 0 aliphatic carbocycles. The number of esters is 1. The number of hydrogen-bond acceptors (Lipinski definition) is 7. The molecule has 0 unspecified atom stereocenters. The van der Waals surface area contributed by atoms with Gasteiger partial charge in [0, 0.05) is 13.1 Å². The molecule has 0 radical (unpaired) electrons. The Bertz CT molecular complexity index is 1050. The SMILES string of the molecule is CCOC(=O)[C@H]1C(=O)NC(N2CCc3ccccc3C2)=N[C@@H]1c1ccc(OC)c(OC)c1. The molecule has 168 valence electrons. The minimum atomic E-state index is -1.09. The fourth-order valence-electron chi connectivity index (χ4n) is 4.18. The van der Waals surface area contributed by atoms with Crippen LogP contribution in [0.4, 0.5) is 0 Å². The second-order valence-corrected chi connectivity index (χ2v) is 7.67. The first-order valence-electron chi connectivity index (χ1n) is 10.6. The van der Waals surface area contributed by atoms with Crippen molar-refractivity contribution in [1.82, 2.24) is 10.2 Å². The summed E-state index contributed by atoms with van der Waals surface area (Å²) in [6, 6.07) is 12.8. The molecule has 8 nitrogen and oxygen atoms in total. The van der Waals surface area contributed by atoms with Gasteiger partial charge in [-0.15, -0.1) is 0 Å². The van der Waals surface area contributed by atoms with E-state index in [0.717, 1.165) is 13.0 Å². The molecule has 2 aromatic carbocycles. The fraction of sp³-hybridized carbons (Fsp3) is 0.375. The standard InChI is InChI=1S/C24H27N3O5/c1-4-32-23(29)20-21(16-9-10-18(30-2)19(13-16)31-3)25-24(26-22(20)28)27-12-11-15-7-5-6-8-17(15)14-27/h5-10,13,20-21H,4,11-12,14H2,1-3H3,(H,25,26,28)/t20-,21-/m1/s1. The van der Waals surface area contributed by atoms with Crippen LogP contribution in [0.15, 0.2) is 47.5 Å². The normalized spacial score (nSPS) is 20.0. The Labute approximate surface area is 187 Å². The predicted molar refractivity (Wildman–Crippen MR) is 119 cm³/mol. The predicted octanol–water partition coefficient (Wildman–Crippen LogP) is 2.47. The number of carbonyl (C=O) groups excluding carboxylic acids is 2. The van der Waals surface area contributed by atoms with Crippen LogP contribution in [0.5, 0.6) is 11.5 Å². The molecular formula is C24H27N3O5. The summed E-state index contributed by atoms with van der Waals surface area (Å²) < 4.78 is 15.9. The van der Waals surface area contributed by atoms with Crippen molar-refractivity contribution < 1.29 is 23.8 Å². The summed E-state index contributed by atoms with van der Waals surface area (Å²) >= 11 is 0. The van der Waals surface area contributed by atoms with Gasteiger partial charge >= 0.3 is 5.97 Å². The van der Waals surface area contributed by atoms with Gasteiger partial charge in [0.05, 0.1) is 20.8 Å². The van der Waals surface area contributed by atoms with Crippen molar-refractivity contribution in [3.8, 4) is 11.5 Å². The third kappa shape index (κ3) is 4.12. The number of hydrogen-bond donors (Lipinski definition) is 1. The highest BCUT2D eigenvalue weighted by molar-refractivity contribution is 6.08. The second kappa shape index (κ2) is 9.30. The van der Waals surface area contributed by atoms with Crippen LogP contribution in [-0.4, -0.2) is 50.1 Å². The highest BCUT2D eigenvalue weighted by Crippen LogP contribution is 2.36. The number of rotatable bonds is 5. The maximum absolute atomic E-state index is 13.1. The largest absolute Gasteiger partial charge is 0.493 e. The van der Waals surface area contributed by atoms with Crippen molar-refractivity contribution in [1.29, 1.82) is 0 Å². The molecule has 2 heterocycles. The van der Waals surface area contributed by atoms with E-state index in [1.165, 1.54) is 18.2 Å². The van der Waals surface area contributed by atoms with E-state index < -0.39 is 23.8 Å². The van der Waals surface area contributed by atoms with E-state index in [-0.39, 0.29) is 6.61 Å². The van der Waals surface area contributed by atoms with Gasteiger partial charge < -0.3 is 19.1 Å². The van der Waals surface area contributed by atoms with Gasteiger partial charge in [-0.3, -0.25) is 14.9 Å². The Morgan fingerprint density at radius 3 is 2.59 bits per heavy atom. The summed E-state index contributed by atoms with van der Waals surface area (Å²) in [5.74, 6) is -0.592. The number of nitrogens with one attached hydrogen (secondary N) is 1. The number of aliphatic imine (C=N–C) groups is 1. The van der Waals surface area contributed by atoms with Crippen molar-refractivity contribution in [3.05, 3.63) is 59.2 Å². The Morgan fingerprint density at radius 1 is 1.12 bits per heavy atom. The molecule has 0 saturated heterocycles. The van der Waals surface area contributed by atoms with Crippen molar-refractivity contribution in [2.75, 3.05) is 27.4 Å². The molecule has 0 spiro atoms. The molecule has 0 aromatic heterocycles. The molecule has 4 rings (SSSR count). The topological polar surface area (TPSA) is 89.5 Å². The first-order valence-corrected chi connectivity index (χ1v) is 10.6. The van der Waals surface area contributed by atoms with Gasteiger partial charge in [0.2, 0.25) is 11.9 Å². The molecule has 2 aliphatic rings. The summed E-state index contributed by atoms with van der Waals surface area (Å²) in [5.41, 5.74) is 3.17. The average Bonchev–Trinajstić information content (AvgIpc) is 2.82. The van der Waals surface area contributed by atoms with Crippen LogP contribution < -0.4 is 14.8 Å². The van der Waals surface area contributed by atoms with Crippen LogP contribution in [0.25, 0.3) is 0 Å². The van der Waals surface area contributed by atoms with E-state index in [1.54, 1.807) is 32.2 Å². The lowest BCUT2D eigenvalue weighted by molar-refractivity contribution is -0.153. The molecular weight excluding hydrogens is 410 g/mol. The number of carbonyl (C=O) groups is 2. The minimum Gasteiger partial charge on any atom is -0.493 e. The molecule has 2 aliphatic heterocycles. The van der Waals surface area contributed by atoms with Crippen molar-refractivity contribution in [2.45, 2.75) is 25.9 Å². The van der Waals surface area contributed by atoms with Crippen molar-refractivity contribution >= 4 is 17.8 Å². The number of methoxy groups -OCH3 is 2. The quantitative estimate of drug-likeness (QED) is 0.571. The number of ether oxygens (including phenoxy) is 3. The Kier molecular flexibility index (Phi) is 6.30. The lowest BCUT2D eigenvalue weighted by atomic mass is 9.91. The zero-order chi connectivity index (χ0) is 22.7. The van der Waals surface area contributed by atoms with Crippen LogP contribution >= 0.6 is 0 Å². The Balaban J connectivity index is 1.72. The minimum absolute atomic E-state index is 0.181. The van der Waals surface area contributed by atoms with Gasteiger partial charge in [-0.2, -0.15) is 0 Å². The summed E-state index contributed by atoms with van der Waals surface area (Å²) in [7, 11) is 3.09. The van der Waals surface area contributed by atoms with E-state index in [4.69, 9.17) is 19.2 Å². The summed E-state index contributed by atoms with van der Waals surface area (Å²) in [5, 5.41) is 2.84. The molecule has 2 aromatic rings. The maximum Gasteiger partial charge on any atom is 0.321 e. The van der Waals surface area contributed by atoms with Crippen molar-refractivity contribution in [2.24, 2.45) is 10.9 Å². The molecule has 2 atom stereocenters. The van der Waals surface area contributed by atoms with E-state index in [0.29, 0.717) is 29.6 Å². The first kappa shape index (κ1) is 21.7. The lowest BCUT2D eigenvalue weighted by Gasteiger charge is -2.36. The summed E-state index contributed by atoms with van der Waals surface area (Å²) in [6.07, 6.45) is 0.855. The second-order valence-electron chi connectivity index (χ2n) is 7.67. The van der Waals surface area contributed by atoms with Gasteiger partial charge in [0.15, 0.2) is 17.4 Å². The first-order chi connectivity index (χ1) is 15.5. The van der Waals surface area contributed by atoms with Crippen molar-refractivity contribution in [3.63, 3.8) is 0 Å². The molecule has 1 N–H and O–H groups in total. The zero-order valence-electron chi connectivity index (χ0n) is 18.5. The maximum atomic E-state index is 13.1. The smallest absolute Gasteiger partial charge is 0.321 e. The molecule has 32 heavy (non-hydrogen) atoms. The number of benzene rings is 2. The summed E-state index contributed by atoms with van der Waals surface area (Å²) in [4.78, 5) is 32.7. The number of guanidine groups is 1. The van der Waals surface area contributed by atoms with E-state index in [1.807, 2.05) is 17.0 Å². The molecule has 8 heteroatoms. The average molecular weight is 437 g/mol. The van der Waals surface area contributed by atoms with Gasteiger partial charge in [-0.1, -0.05) is 30.3 Å². The van der Waals surface area contributed by atoms with Crippen LogP contribution in [0.3, 0.4) is 0 Å². The lowest BCUT2D eigenvalue weighted by Crippen LogP contribution is -2.53. The van der Waals surface area contributed by atoms with E-state index in [9.17, 15) is 9.59 Å². The van der Waals surface area contributed by atoms with Crippen LogP contribution in [0, 0.1) is 5.92 Å². The van der Waals surface area contributed by atoms with E-state index in [2.05, 4.69) is 17.4 Å². The van der Waals surface area contributed by atoms with Crippen LogP contribution in [0.1, 0.15) is 29.7 Å². The fourth-order valence-corrected chi connectivity index (χ4v) is 4.18. The van der Waals surface area contributed by atoms with E-state index >= 15 is 0 Å². The Morgan fingerprint density at radius 2 is 1.88 bits per heavy atom. The number of amides is 1. The third-order valence-electron chi connectivity index (χ3n) is 5.81. The molecule has 0 fully saturated rings. The molecule has 1 amide bonds. The molecule has 0 saturated carbocycles. The van der Waals surface area contributed by atoms with Gasteiger partial charge in [0.25, 0.3) is 0 Å². The third-order valence-corrected chi connectivity index (χ3v) is 5.81. The van der Waals surface area contributed by atoms with Crippen LogP contribution in [0.2, 0.25) is 0 Å². The zero-order valence-corrected chi connectivity index (χ0v) is 18.5. The highest BCUT2D eigenvalue weighted by atomic mass is 16.5. The summed E-state index contributed by atoms with van der Waals surface area (Å²) in [6.45, 7) is 3.25.